The average molecular weight is 413 g/mol. The van der Waals surface area contributed by atoms with Crippen LogP contribution in [0.25, 0.3) is 0 Å². The summed E-state index contributed by atoms with van der Waals surface area (Å²) >= 11 is 6.30. The molecule has 0 unspecified atom stereocenters. The summed E-state index contributed by atoms with van der Waals surface area (Å²) in [6.07, 6.45) is 3.32. The molecule has 2 aromatic rings. The number of para-hydroxylation sites is 1. The Balaban J connectivity index is 1.43. The molecule has 2 heterocycles. The van der Waals surface area contributed by atoms with Gasteiger partial charge in [-0.25, -0.2) is 0 Å². The Hall–Kier alpha value is -2.53. The molecule has 2 aliphatic rings. The van der Waals surface area contributed by atoms with Crippen LogP contribution in [-0.2, 0) is 22.6 Å². The van der Waals surface area contributed by atoms with Gasteiger partial charge in [-0.15, -0.1) is 0 Å². The fourth-order valence-corrected chi connectivity index (χ4v) is 4.48. The van der Waals surface area contributed by atoms with Gasteiger partial charge in [-0.3, -0.25) is 9.59 Å². The van der Waals surface area contributed by atoms with Crippen molar-refractivity contribution in [1.82, 2.24) is 9.80 Å². The molecule has 0 N–H and O–H groups in total. The number of amides is 2. The van der Waals surface area contributed by atoms with Crippen LogP contribution >= 0.6 is 11.6 Å². The van der Waals surface area contributed by atoms with Crippen LogP contribution < -0.4 is 4.74 Å². The Morgan fingerprint density at radius 2 is 1.86 bits per heavy atom. The number of rotatable bonds is 4. The number of piperidine rings is 1. The second-order valence-corrected chi connectivity index (χ2v) is 7.99. The van der Waals surface area contributed by atoms with E-state index in [2.05, 4.69) is 0 Å². The summed E-state index contributed by atoms with van der Waals surface area (Å²) < 4.78 is 5.62. The third-order valence-corrected chi connectivity index (χ3v) is 6.09. The van der Waals surface area contributed by atoms with Crippen molar-refractivity contribution in [3.63, 3.8) is 0 Å². The van der Waals surface area contributed by atoms with E-state index in [-0.39, 0.29) is 18.4 Å². The van der Waals surface area contributed by atoms with E-state index in [0.29, 0.717) is 31.8 Å². The van der Waals surface area contributed by atoms with Crippen LogP contribution in [0.15, 0.2) is 48.5 Å². The number of hydrogen-bond donors (Lipinski definition) is 0. The van der Waals surface area contributed by atoms with E-state index in [0.717, 1.165) is 35.4 Å². The number of benzene rings is 2. The van der Waals surface area contributed by atoms with Crippen molar-refractivity contribution in [1.29, 1.82) is 0 Å². The lowest BCUT2D eigenvalue weighted by Crippen LogP contribution is -2.54. The van der Waals surface area contributed by atoms with Crippen LogP contribution in [0.5, 0.6) is 5.75 Å². The summed E-state index contributed by atoms with van der Waals surface area (Å²) in [6.45, 7) is 1.73. The van der Waals surface area contributed by atoms with E-state index in [4.69, 9.17) is 16.3 Å². The molecule has 6 heteroatoms. The van der Waals surface area contributed by atoms with Gasteiger partial charge in [0.2, 0.25) is 5.91 Å². The highest BCUT2D eigenvalue weighted by Gasteiger charge is 2.36. The molecule has 0 saturated carbocycles. The number of fused-ring (bicyclic) bond motifs is 1. The molecule has 5 nitrogen and oxygen atoms in total. The fraction of sp³-hybridized carbons (Fsp3) is 0.391. The van der Waals surface area contributed by atoms with Gasteiger partial charge < -0.3 is 14.5 Å². The number of nitrogens with zero attached hydrogens (tertiary/aromatic N) is 2. The number of halogens is 1. The van der Waals surface area contributed by atoms with Gasteiger partial charge in [0.25, 0.3) is 5.91 Å². The van der Waals surface area contributed by atoms with Gasteiger partial charge in [0.05, 0.1) is 0 Å². The first-order chi connectivity index (χ1) is 14.1. The Labute approximate surface area is 176 Å². The molecule has 0 aromatic heterocycles. The number of carbonyl (C=O) groups is 2. The maximum Gasteiger partial charge on any atom is 0.261 e. The molecule has 29 heavy (non-hydrogen) atoms. The van der Waals surface area contributed by atoms with Crippen molar-refractivity contribution in [2.75, 3.05) is 19.7 Å². The van der Waals surface area contributed by atoms with Crippen molar-refractivity contribution in [3.8, 4) is 5.75 Å². The Morgan fingerprint density at radius 1 is 1.03 bits per heavy atom. The molecule has 1 fully saturated rings. The van der Waals surface area contributed by atoms with Gasteiger partial charge in [-0.2, -0.15) is 0 Å². The summed E-state index contributed by atoms with van der Waals surface area (Å²) in [7, 11) is 0. The predicted molar refractivity (Wildman–Crippen MR) is 112 cm³/mol. The molecule has 2 amide bonds. The molecular formula is C23H25ClN2O3. The Bertz CT molecular complexity index is 887. The minimum absolute atomic E-state index is 0.0309. The van der Waals surface area contributed by atoms with Crippen LogP contribution in [-0.4, -0.2) is 47.4 Å². The zero-order chi connectivity index (χ0) is 20.2. The predicted octanol–water partition coefficient (Wildman–Crippen LogP) is 3.68. The molecule has 0 radical (unpaired) electrons. The first-order valence-electron chi connectivity index (χ1n) is 10.2. The SMILES string of the molecule is O=C([C@H]1CCCCN1C(=O)COc1ccccc1)N1CCc2c(Cl)cccc2C1. The monoisotopic (exact) mass is 412 g/mol. The topological polar surface area (TPSA) is 49.9 Å². The normalized spacial score (nSPS) is 18.9. The lowest BCUT2D eigenvalue weighted by atomic mass is 9.96. The van der Waals surface area contributed by atoms with Gasteiger partial charge in [-0.1, -0.05) is 41.9 Å². The van der Waals surface area contributed by atoms with Crippen LogP contribution in [0.3, 0.4) is 0 Å². The standard InChI is InChI=1S/C23H25ClN2O3/c24-20-10-6-7-17-15-25(14-12-19(17)20)23(28)21-11-4-5-13-26(21)22(27)16-29-18-8-2-1-3-9-18/h1-3,6-10,21H,4-5,11-16H2/t21-/m1/s1. The largest absolute Gasteiger partial charge is 0.484 e. The zero-order valence-corrected chi connectivity index (χ0v) is 17.1. The summed E-state index contributed by atoms with van der Waals surface area (Å²) in [5, 5.41) is 0.766. The fourth-order valence-electron chi connectivity index (χ4n) is 4.19. The minimum atomic E-state index is -0.406. The number of hydrogen-bond acceptors (Lipinski definition) is 3. The lowest BCUT2D eigenvalue weighted by molar-refractivity contribution is -0.149. The van der Waals surface area contributed by atoms with Crippen LogP contribution in [0, 0.1) is 0 Å². The second-order valence-electron chi connectivity index (χ2n) is 7.59. The first kappa shape index (κ1) is 19.8. The molecule has 152 valence electrons. The Kier molecular flexibility index (Phi) is 6.05. The Morgan fingerprint density at radius 3 is 2.69 bits per heavy atom. The third kappa shape index (κ3) is 4.40. The highest BCUT2D eigenvalue weighted by molar-refractivity contribution is 6.31. The van der Waals surface area contributed by atoms with E-state index >= 15 is 0 Å². The van der Waals surface area contributed by atoms with Crippen LogP contribution in [0.4, 0.5) is 0 Å². The van der Waals surface area contributed by atoms with Gasteiger partial charge in [-0.05, 0) is 55.0 Å². The minimum Gasteiger partial charge on any atom is -0.484 e. The van der Waals surface area contributed by atoms with Gasteiger partial charge in [0.1, 0.15) is 11.8 Å². The summed E-state index contributed by atoms with van der Waals surface area (Å²) in [5.41, 5.74) is 2.23. The van der Waals surface area contributed by atoms with E-state index in [1.807, 2.05) is 53.4 Å². The van der Waals surface area contributed by atoms with E-state index in [1.165, 1.54) is 0 Å². The maximum absolute atomic E-state index is 13.3. The highest BCUT2D eigenvalue weighted by atomic mass is 35.5. The highest BCUT2D eigenvalue weighted by Crippen LogP contribution is 2.28. The van der Waals surface area contributed by atoms with E-state index in [1.54, 1.807) is 4.90 Å². The summed E-state index contributed by atoms with van der Waals surface area (Å²) in [6, 6.07) is 14.7. The molecule has 0 spiro atoms. The third-order valence-electron chi connectivity index (χ3n) is 5.73. The van der Waals surface area contributed by atoms with Gasteiger partial charge in [0, 0.05) is 24.7 Å². The second kappa shape index (κ2) is 8.87. The number of carbonyl (C=O) groups excluding carboxylic acids is 2. The summed E-state index contributed by atoms with van der Waals surface area (Å²) in [4.78, 5) is 29.7. The van der Waals surface area contributed by atoms with Crippen molar-refractivity contribution in [2.45, 2.75) is 38.3 Å². The molecule has 0 bridgehead atoms. The van der Waals surface area contributed by atoms with Crippen LogP contribution in [0.2, 0.25) is 5.02 Å². The molecule has 0 aliphatic carbocycles. The molecule has 1 atom stereocenters. The zero-order valence-electron chi connectivity index (χ0n) is 16.4. The van der Waals surface area contributed by atoms with E-state index < -0.39 is 6.04 Å². The average Bonchev–Trinajstić information content (AvgIpc) is 2.77. The first-order valence-corrected chi connectivity index (χ1v) is 10.5. The smallest absolute Gasteiger partial charge is 0.261 e. The molecule has 2 aromatic carbocycles. The molecular weight excluding hydrogens is 388 g/mol. The summed E-state index contributed by atoms with van der Waals surface area (Å²) in [5.74, 6) is 0.556. The maximum atomic E-state index is 13.3. The number of ether oxygens (including phenoxy) is 1. The van der Waals surface area contributed by atoms with Crippen molar-refractivity contribution >= 4 is 23.4 Å². The van der Waals surface area contributed by atoms with Gasteiger partial charge in [0.15, 0.2) is 6.61 Å². The van der Waals surface area contributed by atoms with Crippen molar-refractivity contribution < 1.29 is 14.3 Å². The van der Waals surface area contributed by atoms with Crippen LogP contribution in [0.1, 0.15) is 30.4 Å². The molecule has 4 rings (SSSR count). The van der Waals surface area contributed by atoms with E-state index in [9.17, 15) is 9.59 Å². The van der Waals surface area contributed by atoms with Crippen molar-refractivity contribution in [3.05, 3.63) is 64.7 Å². The van der Waals surface area contributed by atoms with Gasteiger partial charge >= 0.3 is 0 Å². The van der Waals surface area contributed by atoms with Crippen molar-refractivity contribution in [2.24, 2.45) is 0 Å². The molecule has 2 aliphatic heterocycles. The quantitative estimate of drug-likeness (QED) is 0.769. The number of likely N-dealkylation sites (tertiary alicyclic amines) is 1. The molecule has 1 saturated heterocycles. The lowest BCUT2D eigenvalue weighted by Gasteiger charge is -2.39.